The molecule has 174 valence electrons. The summed E-state index contributed by atoms with van der Waals surface area (Å²) in [6, 6.07) is 6.45. The Labute approximate surface area is 190 Å². The van der Waals surface area contributed by atoms with Crippen molar-refractivity contribution in [3.05, 3.63) is 54.3 Å². The molecule has 3 aromatic heterocycles. The molecule has 0 bridgehead atoms. The maximum absolute atomic E-state index is 13.0. The molecule has 33 heavy (non-hydrogen) atoms. The number of carbonyl (C=O) groups is 2. The minimum Gasteiger partial charge on any atom is -0.449 e. The number of piperidine rings is 1. The van der Waals surface area contributed by atoms with Crippen LogP contribution >= 0.6 is 0 Å². The van der Waals surface area contributed by atoms with Crippen molar-refractivity contribution in [3.8, 4) is 0 Å². The molecular formula is C22H24N4O6S. The number of aromatic nitrogens is 2. The Bertz CT molecular complexity index is 1210. The number of sulfone groups is 1. The van der Waals surface area contributed by atoms with Gasteiger partial charge >= 0.3 is 0 Å². The van der Waals surface area contributed by atoms with Gasteiger partial charge in [-0.1, -0.05) is 0 Å². The van der Waals surface area contributed by atoms with Gasteiger partial charge in [-0.05, 0) is 37.1 Å². The third-order valence-electron chi connectivity index (χ3n) is 5.60. The number of methoxy groups -OCH3 is 1. The molecule has 4 heterocycles. The average molecular weight is 473 g/mol. The van der Waals surface area contributed by atoms with Crippen LogP contribution in [0.5, 0.6) is 0 Å². The van der Waals surface area contributed by atoms with Crippen molar-refractivity contribution in [2.75, 3.05) is 26.8 Å². The first-order chi connectivity index (χ1) is 15.9. The average Bonchev–Trinajstić information content (AvgIpc) is 3.27. The van der Waals surface area contributed by atoms with Crippen molar-refractivity contribution < 1.29 is 27.2 Å². The molecule has 4 rings (SSSR count). The first kappa shape index (κ1) is 22.9. The lowest BCUT2D eigenvalue weighted by Crippen LogP contribution is -2.43. The molecule has 0 radical (unpaired) electrons. The normalized spacial score (nSPS) is 15.0. The topological polar surface area (TPSA) is 132 Å². The van der Waals surface area contributed by atoms with Gasteiger partial charge in [-0.15, -0.1) is 0 Å². The molecule has 11 heteroatoms. The van der Waals surface area contributed by atoms with Gasteiger partial charge < -0.3 is 19.4 Å². The number of hydrogen-bond acceptors (Lipinski definition) is 8. The van der Waals surface area contributed by atoms with Crippen molar-refractivity contribution >= 4 is 32.6 Å². The van der Waals surface area contributed by atoms with Crippen LogP contribution in [0, 0.1) is 0 Å². The fourth-order valence-corrected chi connectivity index (χ4v) is 5.43. The fraction of sp³-hybridized carbons (Fsp3) is 0.364. The van der Waals surface area contributed by atoms with Crippen molar-refractivity contribution in [1.29, 1.82) is 0 Å². The van der Waals surface area contributed by atoms with Crippen LogP contribution in [0.4, 0.5) is 0 Å². The van der Waals surface area contributed by atoms with E-state index in [1.165, 1.54) is 25.6 Å². The number of fused-ring (bicyclic) bond motifs is 1. The van der Waals surface area contributed by atoms with E-state index in [1.807, 2.05) is 0 Å². The molecular weight excluding hydrogens is 448 g/mol. The largest absolute Gasteiger partial charge is 0.449 e. The highest BCUT2D eigenvalue weighted by Gasteiger charge is 2.32. The van der Waals surface area contributed by atoms with Gasteiger partial charge in [-0.3, -0.25) is 19.6 Å². The van der Waals surface area contributed by atoms with Crippen LogP contribution in [0.25, 0.3) is 11.0 Å². The molecule has 1 aliphatic heterocycles. The predicted molar refractivity (Wildman–Crippen MR) is 118 cm³/mol. The number of nitrogens with zero attached hydrogens (tertiary/aromatic N) is 3. The van der Waals surface area contributed by atoms with Crippen LogP contribution in [-0.4, -0.2) is 67.2 Å². The summed E-state index contributed by atoms with van der Waals surface area (Å²) in [7, 11) is -2.12. The number of amides is 2. The van der Waals surface area contributed by atoms with Crippen LogP contribution < -0.4 is 5.32 Å². The zero-order valence-electron chi connectivity index (χ0n) is 18.1. The molecule has 1 N–H and O–H groups in total. The molecule has 3 aromatic rings. The molecule has 0 aromatic carbocycles. The van der Waals surface area contributed by atoms with Gasteiger partial charge in [0.2, 0.25) is 5.91 Å². The Hall–Kier alpha value is -3.31. The van der Waals surface area contributed by atoms with Gasteiger partial charge in [0.25, 0.3) is 5.91 Å². The number of pyridine rings is 2. The Morgan fingerprint density at radius 3 is 2.67 bits per heavy atom. The van der Waals surface area contributed by atoms with Crippen LogP contribution in [0.15, 0.2) is 52.2 Å². The number of ether oxygens (including phenoxy) is 1. The lowest BCUT2D eigenvalue weighted by molar-refractivity contribution is -0.135. The van der Waals surface area contributed by atoms with E-state index in [0.29, 0.717) is 37.2 Å². The molecule has 0 saturated carbocycles. The molecule has 0 atom stereocenters. The van der Waals surface area contributed by atoms with Gasteiger partial charge in [0, 0.05) is 38.0 Å². The Morgan fingerprint density at radius 1 is 1.21 bits per heavy atom. The third kappa shape index (κ3) is 5.04. The van der Waals surface area contributed by atoms with Gasteiger partial charge in [-0.25, -0.2) is 8.42 Å². The summed E-state index contributed by atoms with van der Waals surface area (Å²) in [6.07, 6.45) is 5.19. The molecule has 2 amide bonds. The summed E-state index contributed by atoms with van der Waals surface area (Å²) >= 11 is 0. The monoisotopic (exact) mass is 472 g/mol. The van der Waals surface area contributed by atoms with Crippen molar-refractivity contribution in [1.82, 2.24) is 20.2 Å². The second-order valence-corrected chi connectivity index (χ2v) is 9.98. The Balaban J connectivity index is 1.34. The van der Waals surface area contributed by atoms with E-state index < -0.39 is 21.0 Å². The molecule has 1 fully saturated rings. The van der Waals surface area contributed by atoms with E-state index in [-0.39, 0.29) is 29.7 Å². The van der Waals surface area contributed by atoms with Crippen LogP contribution in [-0.2, 0) is 25.9 Å². The first-order valence-electron chi connectivity index (χ1n) is 10.5. The molecule has 0 unspecified atom stereocenters. The van der Waals surface area contributed by atoms with Crippen LogP contribution in [0.2, 0.25) is 0 Å². The van der Waals surface area contributed by atoms with Gasteiger partial charge in [-0.2, -0.15) is 0 Å². The number of rotatable bonds is 7. The molecule has 0 aliphatic carbocycles. The summed E-state index contributed by atoms with van der Waals surface area (Å²) in [5, 5.41) is 2.92. The highest BCUT2D eigenvalue weighted by atomic mass is 32.2. The van der Waals surface area contributed by atoms with Crippen LogP contribution in [0.1, 0.15) is 29.1 Å². The number of carbonyl (C=O) groups excluding carboxylic acids is 2. The highest BCUT2D eigenvalue weighted by Crippen LogP contribution is 2.24. The van der Waals surface area contributed by atoms with E-state index in [4.69, 9.17) is 9.15 Å². The van der Waals surface area contributed by atoms with E-state index in [0.717, 1.165) is 5.39 Å². The number of hydrogen-bond donors (Lipinski definition) is 1. The zero-order valence-corrected chi connectivity index (χ0v) is 18.9. The van der Waals surface area contributed by atoms with E-state index in [2.05, 4.69) is 15.3 Å². The lowest BCUT2D eigenvalue weighted by Gasteiger charge is -2.31. The van der Waals surface area contributed by atoms with Gasteiger partial charge in [0.1, 0.15) is 6.61 Å². The smallest absolute Gasteiger partial charge is 0.287 e. The quantitative estimate of drug-likeness (QED) is 0.548. The highest BCUT2D eigenvalue weighted by molar-refractivity contribution is 7.92. The minimum absolute atomic E-state index is 0.00706. The summed E-state index contributed by atoms with van der Waals surface area (Å²) in [5.41, 5.74) is 1.03. The molecule has 10 nitrogen and oxygen atoms in total. The van der Waals surface area contributed by atoms with E-state index >= 15 is 0 Å². The Morgan fingerprint density at radius 2 is 2.00 bits per heavy atom. The summed E-state index contributed by atoms with van der Waals surface area (Å²) in [6.45, 7) is 0.865. The summed E-state index contributed by atoms with van der Waals surface area (Å²) in [4.78, 5) is 34.2. The van der Waals surface area contributed by atoms with Crippen molar-refractivity contribution in [2.45, 2.75) is 29.5 Å². The van der Waals surface area contributed by atoms with E-state index in [9.17, 15) is 18.0 Å². The second kappa shape index (κ2) is 9.67. The number of nitrogens with one attached hydrogen (secondary N) is 1. The van der Waals surface area contributed by atoms with Crippen molar-refractivity contribution in [3.63, 3.8) is 0 Å². The standard InChI is InChI=1S/C22H24N4O6S/c1-31-14-21(27)26-8-5-17(6-9-26)33(29,30)18-3-2-16(24-12-18)11-25-22(28)19-10-15-4-7-23-13-20(15)32-19/h2-4,7,10,12-13,17H,5-6,8-9,11,14H2,1H3,(H,25,28). The first-order valence-corrected chi connectivity index (χ1v) is 12.0. The molecule has 1 aliphatic rings. The van der Waals surface area contributed by atoms with E-state index in [1.54, 1.807) is 29.3 Å². The fourth-order valence-electron chi connectivity index (χ4n) is 3.76. The summed E-state index contributed by atoms with van der Waals surface area (Å²) < 4.78 is 36.3. The SMILES string of the molecule is COCC(=O)N1CCC(S(=O)(=O)c2ccc(CNC(=O)c3cc4ccncc4o3)nc2)CC1. The van der Waals surface area contributed by atoms with Gasteiger partial charge in [0.15, 0.2) is 21.2 Å². The Kier molecular flexibility index (Phi) is 6.70. The second-order valence-electron chi connectivity index (χ2n) is 7.75. The van der Waals surface area contributed by atoms with Gasteiger partial charge in [0.05, 0.1) is 28.6 Å². The van der Waals surface area contributed by atoms with Crippen molar-refractivity contribution in [2.24, 2.45) is 0 Å². The zero-order chi connectivity index (χ0) is 23.4. The van der Waals surface area contributed by atoms with Crippen LogP contribution in [0.3, 0.4) is 0 Å². The predicted octanol–water partition coefficient (Wildman–Crippen LogP) is 1.56. The maximum atomic E-state index is 13.0. The maximum Gasteiger partial charge on any atom is 0.287 e. The number of furan rings is 1. The third-order valence-corrected chi connectivity index (χ3v) is 7.85. The molecule has 1 saturated heterocycles. The number of likely N-dealkylation sites (tertiary alicyclic amines) is 1. The molecule has 0 spiro atoms. The minimum atomic E-state index is -3.57. The lowest BCUT2D eigenvalue weighted by atomic mass is 10.1. The summed E-state index contributed by atoms with van der Waals surface area (Å²) in [5.74, 6) is -0.382.